The van der Waals surface area contributed by atoms with Crippen LogP contribution in [-0.4, -0.2) is 37.1 Å². The Balaban J connectivity index is 2.47. The van der Waals surface area contributed by atoms with Crippen LogP contribution in [0.1, 0.15) is 27.2 Å². The molecule has 0 aliphatic carbocycles. The van der Waals surface area contributed by atoms with Gasteiger partial charge in [0.25, 0.3) is 0 Å². The molecule has 1 fully saturated rings. The normalized spacial score (nSPS) is 30.0. The Bertz CT molecular complexity index is 121. The van der Waals surface area contributed by atoms with E-state index in [1.54, 1.807) is 0 Å². The maximum atomic E-state index is 3.48. The Labute approximate surface area is 76.3 Å². The van der Waals surface area contributed by atoms with E-state index < -0.39 is 0 Å². The Morgan fingerprint density at radius 3 is 2.33 bits per heavy atom. The summed E-state index contributed by atoms with van der Waals surface area (Å²) in [6.07, 6.45) is 1.31. The van der Waals surface area contributed by atoms with E-state index >= 15 is 0 Å². The highest BCUT2D eigenvalue weighted by atomic mass is 15.2. The van der Waals surface area contributed by atoms with Crippen LogP contribution in [0.5, 0.6) is 0 Å². The van der Waals surface area contributed by atoms with Crippen molar-refractivity contribution in [2.24, 2.45) is 5.92 Å². The molecule has 1 N–H and O–H groups in total. The third-order valence-corrected chi connectivity index (χ3v) is 3.11. The lowest BCUT2D eigenvalue weighted by Gasteiger charge is -2.29. The quantitative estimate of drug-likeness (QED) is 0.684. The monoisotopic (exact) mass is 170 g/mol. The third-order valence-electron chi connectivity index (χ3n) is 3.11. The van der Waals surface area contributed by atoms with Crippen molar-refractivity contribution in [1.29, 1.82) is 0 Å². The van der Waals surface area contributed by atoms with Crippen molar-refractivity contribution in [3.63, 3.8) is 0 Å². The zero-order valence-corrected chi connectivity index (χ0v) is 8.64. The number of hydrogen-bond donors (Lipinski definition) is 1. The van der Waals surface area contributed by atoms with E-state index in [2.05, 4.69) is 31.0 Å². The predicted octanol–water partition coefficient (Wildman–Crippen LogP) is 1.33. The second-order valence-corrected chi connectivity index (χ2v) is 3.62. The summed E-state index contributed by atoms with van der Waals surface area (Å²) < 4.78 is 0. The molecule has 12 heavy (non-hydrogen) atoms. The summed E-state index contributed by atoms with van der Waals surface area (Å²) in [6, 6.07) is 0.796. The van der Waals surface area contributed by atoms with Crippen LogP contribution in [0.15, 0.2) is 0 Å². The highest BCUT2D eigenvalue weighted by Crippen LogP contribution is 2.18. The summed E-state index contributed by atoms with van der Waals surface area (Å²) in [5.41, 5.74) is 0. The van der Waals surface area contributed by atoms with E-state index in [0.29, 0.717) is 0 Å². The molecule has 0 saturated carbocycles. The number of nitrogens with zero attached hydrogens (tertiary/aromatic N) is 1. The van der Waals surface area contributed by atoms with Gasteiger partial charge in [-0.15, -0.1) is 0 Å². The zero-order chi connectivity index (χ0) is 8.97. The van der Waals surface area contributed by atoms with Crippen molar-refractivity contribution in [3.8, 4) is 0 Å². The standard InChI is InChI=1S/C10H22N2/c1-4-9-7-11-8-10(9)12(5-2)6-3/h9-11H,4-8H2,1-3H3. The first-order valence-electron chi connectivity index (χ1n) is 5.28. The molecule has 1 saturated heterocycles. The number of likely N-dealkylation sites (N-methyl/N-ethyl adjacent to an activating group) is 1. The summed E-state index contributed by atoms with van der Waals surface area (Å²) in [5, 5.41) is 3.48. The molecule has 0 spiro atoms. The fraction of sp³-hybridized carbons (Fsp3) is 1.00. The maximum absolute atomic E-state index is 3.48. The van der Waals surface area contributed by atoms with Gasteiger partial charge in [0.05, 0.1) is 0 Å². The van der Waals surface area contributed by atoms with E-state index in [-0.39, 0.29) is 0 Å². The minimum absolute atomic E-state index is 0.796. The summed E-state index contributed by atoms with van der Waals surface area (Å²) >= 11 is 0. The van der Waals surface area contributed by atoms with Crippen LogP contribution in [0.2, 0.25) is 0 Å². The van der Waals surface area contributed by atoms with Crippen LogP contribution < -0.4 is 5.32 Å². The summed E-state index contributed by atoms with van der Waals surface area (Å²) in [6.45, 7) is 11.6. The Hall–Kier alpha value is -0.0800. The van der Waals surface area contributed by atoms with Gasteiger partial charge in [0, 0.05) is 12.6 Å². The van der Waals surface area contributed by atoms with Gasteiger partial charge in [-0.2, -0.15) is 0 Å². The molecule has 2 unspecified atom stereocenters. The second kappa shape index (κ2) is 4.83. The van der Waals surface area contributed by atoms with Crippen molar-refractivity contribution in [2.75, 3.05) is 26.2 Å². The van der Waals surface area contributed by atoms with Crippen LogP contribution in [0, 0.1) is 5.92 Å². The average Bonchev–Trinajstić information content (AvgIpc) is 2.55. The molecular formula is C10H22N2. The minimum Gasteiger partial charge on any atom is -0.315 e. The average molecular weight is 170 g/mol. The van der Waals surface area contributed by atoms with Crippen molar-refractivity contribution < 1.29 is 0 Å². The Morgan fingerprint density at radius 2 is 1.83 bits per heavy atom. The molecule has 0 aromatic carbocycles. The first kappa shape index (κ1) is 10.0. The van der Waals surface area contributed by atoms with Gasteiger partial charge in [-0.05, 0) is 25.6 Å². The van der Waals surface area contributed by atoms with Crippen molar-refractivity contribution >= 4 is 0 Å². The molecule has 2 heteroatoms. The van der Waals surface area contributed by atoms with Gasteiger partial charge in [-0.3, -0.25) is 4.90 Å². The molecule has 1 heterocycles. The SMILES string of the molecule is CCC1CNCC1N(CC)CC. The minimum atomic E-state index is 0.796. The van der Waals surface area contributed by atoms with Crippen molar-refractivity contribution in [3.05, 3.63) is 0 Å². The van der Waals surface area contributed by atoms with E-state index in [4.69, 9.17) is 0 Å². The van der Waals surface area contributed by atoms with E-state index in [9.17, 15) is 0 Å². The third kappa shape index (κ3) is 1.99. The number of rotatable bonds is 4. The Morgan fingerprint density at radius 1 is 1.17 bits per heavy atom. The first-order valence-corrected chi connectivity index (χ1v) is 5.28. The fourth-order valence-corrected chi connectivity index (χ4v) is 2.26. The largest absolute Gasteiger partial charge is 0.315 e. The van der Waals surface area contributed by atoms with Gasteiger partial charge in [0.15, 0.2) is 0 Å². The summed E-state index contributed by atoms with van der Waals surface area (Å²) in [4.78, 5) is 2.58. The number of hydrogen-bond acceptors (Lipinski definition) is 2. The van der Waals surface area contributed by atoms with Gasteiger partial charge < -0.3 is 5.32 Å². The van der Waals surface area contributed by atoms with E-state index in [1.807, 2.05) is 0 Å². The second-order valence-electron chi connectivity index (χ2n) is 3.62. The van der Waals surface area contributed by atoms with Gasteiger partial charge >= 0.3 is 0 Å². The molecule has 2 nitrogen and oxygen atoms in total. The highest BCUT2D eigenvalue weighted by Gasteiger charge is 2.28. The lowest BCUT2D eigenvalue weighted by Crippen LogP contribution is -2.40. The van der Waals surface area contributed by atoms with Crippen LogP contribution in [0.25, 0.3) is 0 Å². The number of nitrogens with one attached hydrogen (secondary N) is 1. The van der Waals surface area contributed by atoms with Gasteiger partial charge in [0.1, 0.15) is 0 Å². The lowest BCUT2D eigenvalue weighted by atomic mass is 9.99. The topological polar surface area (TPSA) is 15.3 Å². The van der Waals surface area contributed by atoms with Crippen molar-refractivity contribution in [2.45, 2.75) is 33.2 Å². The molecule has 0 amide bonds. The molecule has 0 aromatic heterocycles. The first-order chi connectivity index (χ1) is 5.83. The molecule has 72 valence electrons. The molecule has 0 aromatic rings. The lowest BCUT2D eigenvalue weighted by molar-refractivity contribution is 0.187. The molecular weight excluding hydrogens is 148 g/mol. The van der Waals surface area contributed by atoms with E-state index in [0.717, 1.165) is 12.0 Å². The fourth-order valence-electron chi connectivity index (χ4n) is 2.26. The molecule has 0 radical (unpaired) electrons. The molecule has 0 bridgehead atoms. The van der Waals surface area contributed by atoms with E-state index in [1.165, 1.54) is 32.6 Å². The van der Waals surface area contributed by atoms with Gasteiger partial charge in [-0.25, -0.2) is 0 Å². The van der Waals surface area contributed by atoms with Crippen LogP contribution in [0.4, 0.5) is 0 Å². The smallest absolute Gasteiger partial charge is 0.0260 e. The molecule has 1 rings (SSSR count). The highest BCUT2D eigenvalue weighted by molar-refractivity contribution is 4.87. The maximum Gasteiger partial charge on any atom is 0.0260 e. The Kier molecular flexibility index (Phi) is 4.02. The van der Waals surface area contributed by atoms with Crippen LogP contribution >= 0.6 is 0 Å². The molecule has 1 aliphatic heterocycles. The van der Waals surface area contributed by atoms with Crippen LogP contribution in [0.3, 0.4) is 0 Å². The molecule has 1 aliphatic rings. The zero-order valence-electron chi connectivity index (χ0n) is 8.64. The summed E-state index contributed by atoms with van der Waals surface area (Å²) in [5.74, 6) is 0.880. The molecule has 2 atom stereocenters. The van der Waals surface area contributed by atoms with Crippen LogP contribution in [-0.2, 0) is 0 Å². The summed E-state index contributed by atoms with van der Waals surface area (Å²) in [7, 11) is 0. The van der Waals surface area contributed by atoms with Gasteiger partial charge in [-0.1, -0.05) is 27.2 Å². The van der Waals surface area contributed by atoms with Crippen molar-refractivity contribution in [1.82, 2.24) is 10.2 Å². The predicted molar refractivity (Wildman–Crippen MR) is 53.4 cm³/mol. The van der Waals surface area contributed by atoms with Gasteiger partial charge in [0.2, 0.25) is 0 Å².